The van der Waals surface area contributed by atoms with E-state index in [0.717, 1.165) is 42.6 Å². The summed E-state index contributed by atoms with van der Waals surface area (Å²) in [6.45, 7) is 7.83. The van der Waals surface area contributed by atoms with E-state index in [2.05, 4.69) is 19.1 Å². The van der Waals surface area contributed by atoms with Gasteiger partial charge in [-0.1, -0.05) is 17.7 Å². The molecular weight excluding hydrogens is 238 g/mol. The fourth-order valence-electron chi connectivity index (χ4n) is 2.99. The second-order valence-corrected chi connectivity index (χ2v) is 5.69. The van der Waals surface area contributed by atoms with Crippen LogP contribution < -0.4 is 0 Å². The summed E-state index contributed by atoms with van der Waals surface area (Å²) in [5.74, 6) is 0.510. The molecule has 0 radical (unpaired) electrons. The molecule has 1 aliphatic heterocycles. The molecule has 1 heterocycles. The molecule has 3 nitrogen and oxygen atoms in total. The van der Waals surface area contributed by atoms with Crippen molar-refractivity contribution in [2.24, 2.45) is 5.92 Å². The predicted molar refractivity (Wildman–Crippen MR) is 76.4 cm³/mol. The first-order chi connectivity index (χ1) is 9.02. The van der Waals surface area contributed by atoms with Crippen LogP contribution in [0.15, 0.2) is 12.1 Å². The lowest BCUT2D eigenvalue weighted by Gasteiger charge is -2.32. The number of piperidine rings is 1. The maximum atomic E-state index is 12.6. The lowest BCUT2D eigenvalue weighted by Crippen LogP contribution is -2.39. The Bertz CT molecular complexity index is 451. The normalized spacial score (nSPS) is 16.7. The number of amides is 1. The van der Waals surface area contributed by atoms with Crippen molar-refractivity contribution < 1.29 is 9.90 Å². The molecule has 1 aliphatic rings. The van der Waals surface area contributed by atoms with Crippen molar-refractivity contribution in [1.82, 2.24) is 4.90 Å². The van der Waals surface area contributed by atoms with E-state index in [1.165, 1.54) is 5.56 Å². The van der Waals surface area contributed by atoms with Crippen molar-refractivity contribution in [3.63, 3.8) is 0 Å². The third kappa shape index (κ3) is 2.98. The standard InChI is InChI=1S/C16H23NO2/c1-11-8-12(2)15(13(3)9-11)16(19)17-6-4-14(10-18)5-7-17/h8-9,14,18H,4-7,10H2,1-3H3. The summed E-state index contributed by atoms with van der Waals surface area (Å²) >= 11 is 0. The summed E-state index contributed by atoms with van der Waals surface area (Å²) in [5.41, 5.74) is 4.18. The SMILES string of the molecule is Cc1cc(C)c(C(=O)N2CCC(CO)CC2)c(C)c1. The second-order valence-electron chi connectivity index (χ2n) is 5.69. The highest BCUT2D eigenvalue weighted by Crippen LogP contribution is 2.22. The van der Waals surface area contributed by atoms with E-state index < -0.39 is 0 Å². The van der Waals surface area contributed by atoms with Gasteiger partial charge in [-0.2, -0.15) is 0 Å². The zero-order valence-electron chi connectivity index (χ0n) is 12.1. The third-order valence-electron chi connectivity index (χ3n) is 4.05. The minimum absolute atomic E-state index is 0.145. The van der Waals surface area contributed by atoms with Gasteiger partial charge < -0.3 is 10.0 Å². The van der Waals surface area contributed by atoms with E-state index >= 15 is 0 Å². The molecule has 1 fully saturated rings. The van der Waals surface area contributed by atoms with Gasteiger partial charge in [0.2, 0.25) is 0 Å². The van der Waals surface area contributed by atoms with Crippen LogP contribution in [0.3, 0.4) is 0 Å². The first-order valence-electron chi connectivity index (χ1n) is 7.01. The van der Waals surface area contributed by atoms with Crippen LogP contribution in [0.25, 0.3) is 0 Å². The Labute approximate surface area is 115 Å². The topological polar surface area (TPSA) is 40.5 Å². The number of likely N-dealkylation sites (tertiary alicyclic amines) is 1. The van der Waals surface area contributed by atoms with Crippen LogP contribution in [0.4, 0.5) is 0 Å². The molecule has 0 saturated carbocycles. The number of benzene rings is 1. The van der Waals surface area contributed by atoms with Gasteiger partial charge in [0.05, 0.1) is 0 Å². The number of aliphatic hydroxyl groups is 1. The lowest BCUT2D eigenvalue weighted by atomic mass is 9.95. The van der Waals surface area contributed by atoms with Crippen molar-refractivity contribution >= 4 is 5.91 Å². The molecule has 0 aliphatic carbocycles. The number of nitrogens with zero attached hydrogens (tertiary/aromatic N) is 1. The average Bonchev–Trinajstić information content (AvgIpc) is 2.37. The number of carbonyl (C=O) groups is 1. The molecule has 2 rings (SSSR count). The second kappa shape index (κ2) is 5.74. The zero-order chi connectivity index (χ0) is 14.0. The number of carbonyl (C=O) groups excluding carboxylic acids is 1. The highest BCUT2D eigenvalue weighted by atomic mass is 16.3. The van der Waals surface area contributed by atoms with E-state index in [4.69, 9.17) is 5.11 Å². The van der Waals surface area contributed by atoms with Gasteiger partial charge >= 0.3 is 0 Å². The molecule has 1 amide bonds. The van der Waals surface area contributed by atoms with Crippen LogP contribution in [-0.2, 0) is 0 Å². The van der Waals surface area contributed by atoms with Gasteiger partial charge in [-0.3, -0.25) is 4.79 Å². The summed E-state index contributed by atoms with van der Waals surface area (Å²) in [7, 11) is 0. The lowest BCUT2D eigenvalue weighted by molar-refractivity contribution is 0.0649. The minimum Gasteiger partial charge on any atom is -0.396 e. The molecule has 104 valence electrons. The fourth-order valence-corrected chi connectivity index (χ4v) is 2.99. The van der Waals surface area contributed by atoms with Crippen molar-refractivity contribution in [1.29, 1.82) is 0 Å². The average molecular weight is 261 g/mol. The fraction of sp³-hybridized carbons (Fsp3) is 0.562. The quantitative estimate of drug-likeness (QED) is 0.888. The summed E-state index contributed by atoms with van der Waals surface area (Å²) in [5, 5.41) is 9.15. The van der Waals surface area contributed by atoms with Crippen molar-refractivity contribution in [2.45, 2.75) is 33.6 Å². The molecule has 0 spiro atoms. The van der Waals surface area contributed by atoms with Gasteiger partial charge in [-0.05, 0) is 50.7 Å². The smallest absolute Gasteiger partial charge is 0.254 e. The van der Waals surface area contributed by atoms with E-state index in [9.17, 15) is 4.79 Å². The summed E-state index contributed by atoms with van der Waals surface area (Å²) in [4.78, 5) is 14.5. The summed E-state index contributed by atoms with van der Waals surface area (Å²) < 4.78 is 0. The molecule has 0 aromatic heterocycles. The molecule has 1 saturated heterocycles. The van der Waals surface area contributed by atoms with Crippen LogP contribution in [0, 0.1) is 26.7 Å². The van der Waals surface area contributed by atoms with E-state index in [0.29, 0.717) is 5.92 Å². The van der Waals surface area contributed by atoms with Crippen LogP contribution >= 0.6 is 0 Å². The Hall–Kier alpha value is -1.35. The van der Waals surface area contributed by atoms with Crippen LogP contribution in [0.1, 0.15) is 39.9 Å². The van der Waals surface area contributed by atoms with Gasteiger partial charge in [0.1, 0.15) is 0 Å². The molecule has 1 aromatic rings. The number of aliphatic hydroxyl groups excluding tert-OH is 1. The van der Waals surface area contributed by atoms with Crippen LogP contribution in [0.2, 0.25) is 0 Å². The Morgan fingerprint density at radius 3 is 2.21 bits per heavy atom. The Morgan fingerprint density at radius 2 is 1.74 bits per heavy atom. The largest absolute Gasteiger partial charge is 0.396 e. The molecular formula is C16H23NO2. The van der Waals surface area contributed by atoms with E-state index in [1.807, 2.05) is 18.7 Å². The zero-order valence-corrected chi connectivity index (χ0v) is 12.1. The first-order valence-corrected chi connectivity index (χ1v) is 7.01. The van der Waals surface area contributed by atoms with Gasteiger partial charge in [0.25, 0.3) is 5.91 Å². The first kappa shape index (κ1) is 14.1. The monoisotopic (exact) mass is 261 g/mol. The predicted octanol–water partition coefficient (Wildman–Crippen LogP) is 2.46. The maximum absolute atomic E-state index is 12.6. The summed E-state index contributed by atoms with van der Waals surface area (Å²) in [6.07, 6.45) is 1.82. The molecule has 19 heavy (non-hydrogen) atoms. The third-order valence-corrected chi connectivity index (χ3v) is 4.05. The minimum atomic E-state index is 0.145. The Morgan fingerprint density at radius 1 is 1.21 bits per heavy atom. The molecule has 0 atom stereocenters. The number of hydrogen-bond acceptors (Lipinski definition) is 2. The highest BCUT2D eigenvalue weighted by Gasteiger charge is 2.25. The van der Waals surface area contributed by atoms with Gasteiger partial charge in [-0.15, -0.1) is 0 Å². The van der Waals surface area contributed by atoms with Crippen LogP contribution in [-0.4, -0.2) is 35.6 Å². The van der Waals surface area contributed by atoms with Crippen LogP contribution in [0.5, 0.6) is 0 Å². The molecule has 0 unspecified atom stereocenters. The van der Waals surface area contributed by atoms with E-state index in [-0.39, 0.29) is 12.5 Å². The summed E-state index contributed by atoms with van der Waals surface area (Å²) in [6, 6.07) is 4.14. The van der Waals surface area contributed by atoms with Gasteiger partial charge in [0, 0.05) is 25.3 Å². The van der Waals surface area contributed by atoms with Gasteiger partial charge in [-0.25, -0.2) is 0 Å². The maximum Gasteiger partial charge on any atom is 0.254 e. The van der Waals surface area contributed by atoms with Crippen molar-refractivity contribution in [2.75, 3.05) is 19.7 Å². The highest BCUT2D eigenvalue weighted by molar-refractivity contribution is 5.97. The van der Waals surface area contributed by atoms with Gasteiger partial charge in [0.15, 0.2) is 0 Å². The molecule has 0 bridgehead atoms. The number of aryl methyl sites for hydroxylation is 3. The Kier molecular flexibility index (Phi) is 4.25. The Balaban J connectivity index is 2.17. The van der Waals surface area contributed by atoms with Crippen molar-refractivity contribution in [3.8, 4) is 0 Å². The van der Waals surface area contributed by atoms with Crippen molar-refractivity contribution in [3.05, 3.63) is 34.4 Å². The molecule has 1 aromatic carbocycles. The number of rotatable bonds is 2. The van der Waals surface area contributed by atoms with E-state index in [1.54, 1.807) is 0 Å². The molecule has 1 N–H and O–H groups in total. The number of hydrogen-bond donors (Lipinski definition) is 1. The molecule has 3 heteroatoms.